The molecule has 7 nitrogen and oxygen atoms in total. The Balaban J connectivity index is 1.48. The molecule has 2 aliphatic rings. The SMILES string of the molecule is CC(C)(C)NC(=O)CN1CCN(C(=O)c2nn(-c3ccc(F)cc3)c3c2CCCCC3)CC1. The fourth-order valence-electron chi connectivity index (χ4n) is 4.66. The Kier molecular flexibility index (Phi) is 6.83. The van der Waals surface area contributed by atoms with E-state index < -0.39 is 0 Å². The van der Waals surface area contributed by atoms with E-state index in [2.05, 4.69) is 10.2 Å². The third-order valence-electron chi connectivity index (χ3n) is 6.25. The average molecular weight is 456 g/mol. The van der Waals surface area contributed by atoms with Gasteiger partial charge in [0.25, 0.3) is 5.91 Å². The Bertz CT molecular complexity index is 1000. The number of halogens is 1. The summed E-state index contributed by atoms with van der Waals surface area (Å²) in [7, 11) is 0. The number of rotatable bonds is 4. The highest BCUT2D eigenvalue weighted by atomic mass is 19.1. The molecule has 1 N–H and O–H groups in total. The molecule has 1 fully saturated rings. The third kappa shape index (κ3) is 5.61. The number of amides is 2. The molecule has 8 heteroatoms. The number of carbonyl (C=O) groups is 2. The zero-order chi connectivity index (χ0) is 23.6. The van der Waals surface area contributed by atoms with Gasteiger partial charge in [-0.15, -0.1) is 0 Å². The lowest BCUT2D eigenvalue weighted by Gasteiger charge is -2.34. The first kappa shape index (κ1) is 23.4. The molecule has 2 heterocycles. The predicted molar refractivity (Wildman–Crippen MR) is 125 cm³/mol. The number of nitrogens with one attached hydrogen (secondary N) is 1. The molecular weight excluding hydrogens is 421 g/mol. The minimum absolute atomic E-state index is 0.00522. The summed E-state index contributed by atoms with van der Waals surface area (Å²) in [5.41, 5.74) is 3.16. The molecule has 0 unspecified atom stereocenters. The fraction of sp³-hybridized carbons (Fsp3) is 0.560. The Morgan fingerprint density at radius 1 is 1.00 bits per heavy atom. The monoisotopic (exact) mass is 455 g/mol. The van der Waals surface area contributed by atoms with Crippen molar-refractivity contribution in [3.05, 3.63) is 47.0 Å². The smallest absolute Gasteiger partial charge is 0.274 e. The largest absolute Gasteiger partial charge is 0.350 e. The van der Waals surface area contributed by atoms with Crippen molar-refractivity contribution in [1.82, 2.24) is 24.9 Å². The van der Waals surface area contributed by atoms with E-state index in [1.165, 1.54) is 12.1 Å². The van der Waals surface area contributed by atoms with Gasteiger partial charge in [0.1, 0.15) is 5.82 Å². The lowest BCUT2D eigenvalue weighted by molar-refractivity contribution is -0.124. The van der Waals surface area contributed by atoms with Gasteiger partial charge < -0.3 is 10.2 Å². The van der Waals surface area contributed by atoms with Gasteiger partial charge in [0, 0.05) is 43.0 Å². The van der Waals surface area contributed by atoms with E-state index in [4.69, 9.17) is 5.10 Å². The van der Waals surface area contributed by atoms with Gasteiger partial charge in [0.15, 0.2) is 5.69 Å². The number of carbonyl (C=O) groups excluding carboxylic acids is 2. The number of hydrogen-bond acceptors (Lipinski definition) is 4. The number of piperazine rings is 1. The Labute approximate surface area is 194 Å². The molecule has 0 atom stereocenters. The number of benzene rings is 1. The summed E-state index contributed by atoms with van der Waals surface area (Å²) in [6, 6.07) is 6.28. The van der Waals surface area contributed by atoms with Crippen molar-refractivity contribution >= 4 is 11.8 Å². The molecule has 0 radical (unpaired) electrons. The number of nitrogens with zero attached hydrogens (tertiary/aromatic N) is 4. The highest BCUT2D eigenvalue weighted by Gasteiger charge is 2.30. The molecule has 1 saturated heterocycles. The lowest BCUT2D eigenvalue weighted by Crippen LogP contribution is -2.53. The molecule has 1 aromatic carbocycles. The van der Waals surface area contributed by atoms with Crippen molar-refractivity contribution in [2.24, 2.45) is 0 Å². The number of fused-ring (bicyclic) bond motifs is 1. The van der Waals surface area contributed by atoms with Gasteiger partial charge in [0.2, 0.25) is 5.91 Å². The molecular formula is C25H34FN5O2. The summed E-state index contributed by atoms with van der Waals surface area (Å²) < 4.78 is 15.3. The van der Waals surface area contributed by atoms with Crippen LogP contribution in [0.5, 0.6) is 0 Å². The van der Waals surface area contributed by atoms with Crippen LogP contribution in [0.25, 0.3) is 5.69 Å². The minimum Gasteiger partial charge on any atom is -0.350 e. The van der Waals surface area contributed by atoms with Crippen molar-refractivity contribution < 1.29 is 14.0 Å². The molecule has 0 saturated carbocycles. The van der Waals surface area contributed by atoms with E-state index >= 15 is 0 Å². The van der Waals surface area contributed by atoms with Crippen LogP contribution in [0.15, 0.2) is 24.3 Å². The summed E-state index contributed by atoms with van der Waals surface area (Å²) in [4.78, 5) is 29.7. The Morgan fingerprint density at radius 3 is 2.33 bits per heavy atom. The van der Waals surface area contributed by atoms with E-state index in [0.717, 1.165) is 49.0 Å². The van der Waals surface area contributed by atoms with Crippen LogP contribution in [0, 0.1) is 5.82 Å². The van der Waals surface area contributed by atoms with Crippen LogP contribution in [0.3, 0.4) is 0 Å². The molecule has 178 valence electrons. The van der Waals surface area contributed by atoms with Crippen molar-refractivity contribution in [2.75, 3.05) is 32.7 Å². The lowest BCUT2D eigenvalue weighted by atomic mass is 10.1. The van der Waals surface area contributed by atoms with Gasteiger partial charge in [-0.1, -0.05) is 6.42 Å². The second-order valence-corrected chi connectivity index (χ2v) is 10.1. The maximum Gasteiger partial charge on any atom is 0.274 e. The molecule has 1 aliphatic heterocycles. The molecule has 2 amide bonds. The van der Waals surface area contributed by atoms with Gasteiger partial charge in [-0.05, 0) is 70.7 Å². The molecule has 4 rings (SSSR count). The zero-order valence-corrected chi connectivity index (χ0v) is 19.9. The van der Waals surface area contributed by atoms with Crippen LogP contribution in [0.2, 0.25) is 0 Å². The average Bonchev–Trinajstić information content (AvgIpc) is 2.94. The van der Waals surface area contributed by atoms with Gasteiger partial charge in [0.05, 0.1) is 12.2 Å². The molecule has 33 heavy (non-hydrogen) atoms. The molecule has 0 spiro atoms. The first-order chi connectivity index (χ1) is 15.7. The first-order valence-corrected chi connectivity index (χ1v) is 11.9. The molecule has 0 bridgehead atoms. The molecule has 1 aromatic heterocycles. The topological polar surface area (TPSA) is 70.5 Å². The van der Waals surface area contributed by atoms with Crippen LogP contribution < -0.4 is 5.32 Å². The summed E-state index contributed by atoms with van der Waals surface area (Å²) in [5.74, 6) is -0.333. The van der Waals surface area contributed by atoms with Crippen LogP contribution in [0.4, 0.5) is 4.39 Å². The maximum absolute atomic E-state index is 13.5. The van der Waals surface area contributed by atoms with E-state index in [1.807, 2.05) is 30.4 Å². The van der Waals surface area contributed by atoms with Crippen LogP contribution in [-0.4, -0.2) is 69.7 Å². The fourth-order valence-corrected chi connectivity index (χ4v) is 4.66. The van der Waals surface area contributed by atoms with E-state index in [-0.39, 0.29) is 23.2 Å². The van der Waals surface area contributed by atoms with E-state index in [0.29, 0.717) is 38.4 Å². The van der Waals surface area contributed by atoms with Crippen molar-refractivity contribution in [1.29, 1.82) is 0 Å². The normalized spacial score (nSPS) is 17.4. The molecule has 2 aromatic rings. The Morgan fingerprint density at radius 2 is 1.67 bits per heavy atom. The van der Waals surface area contributed by atoms with Crippen molar-refractivity contribution in [3.8, 4) is 5.69 Å². The highest BCUT2D eigenvalue weighted by molar-refractivity contribution is 5.94. The van der Waals surface area contributed by atoms with Crippen molar-refractivity contribution in [2.45, 2.75) is 58.4 Å². The number of aromatic nitrogens is 2. The molecule has 1 aliphatic carbocycles. The highest BCUT2D eigenvalue weighted by Crippen LogP contribution is 2.27. The summed E-state index contributed by atoms with van der Waals surface area (Å²) in [6.45, 7) is 8.70. The summed E-state index contributed by atoms with van der Waals surface area (Å²) in [5, 5.41) is 7.73. The van der Waals surface area contributed by atoms with Crippen LogP contribution in [-0.2, 0) is 17.6 Å². The van der Waals surface area contributed by atoms with E-state index in [1.54, 1.807) is 12.1 Å². The predicted octanol–water partition coefficient (Wildman–Crippen LogP) is 2.95. The van der Waals surface area contributed by atoms with Gasteiger partial charge >= 0.3 is 0 Å². The van der Waals surface area contributed by atoms with Crippen molar-refractivity contribution in [3.63, 3.8) is 0 Å². The van der Waals surface area contributed by atoms with Gasteiger partial charge in [-0.3, -0.25) is 14.5 Å². The minimum atomic E-state index is -0.289. The second kappa shape index (κ2) is 9.63. The van der Waals surface area contributed by atoms with Crippen LogP contribution in [0.1, 0.15) is 61.8 Å². The van der Waals surface area contributed by atoms with Gasteiger partial charge in [-0.25, -0.2) is 9.07 Å². The standard InChI is InChI=1S/C25H34FN5O2/c1-25(2,3)27-22(32)17-29-13-15-30(16-14-29)24(33)23-20-7-5-4-6-8-21(20)31(28-23)19-11-9-18(26)10-12-19/h9-12H,4-8,13-17H2,1-3H3,(H,27,32). The van der Waals surface area contributed by atoms with E-state index in [9.17, 15) is 14.0 Å². The van der Waals surface area contributed by atoms with Crippen LogP contribution >= 0.6 is 0 Å². The zero-order valence-electron chi connectivity index (χ0n) is 19.9. The number of hydrogen-bond donors (Lipinski definition) is 1. The third-order valence-corrected chi connectivity index (χ3v) is 6.25. The first-order valence-electron chi connectivity index (χ1n) is 11.9. The van der Waals surface area contributed by atoms with Gasteiger partial charge in [-0.2, -0.15) is 5.10 Å². The second-order valence-electron chi connectivity index (χ2n) is 10.1. The Hall–Kier alpha value is -2.74. The quantitative estimate of drug-likeness (QED) is 0.720. The summed E-state index contributed by atoms with van der Waals surface area (Å²) >= 11 is 0. The summed E-state index contributed by atoms with van der Waals surface area (Å²) in [6.07, 6.45) is 4.93. The maximum atomic E-state index is 13.5.